The van der Waals surface area contributed by atoms with Gasteiger partial charge in [0, 0.05) is 11.4 Å². The van der Waals surface area contributed by atoms with E-state index in [-0.39, 0.29) is 11.5 Å². The molecule has 0 aliphatic heterocycles. The van der Waals surface area contributed by atoms with Gasteiger partial charge in [-0.15, -0.1) is 11.3 Å². The molecule has 0 saturated heterocycles. The van der Waals surface area contributed by atoms with Crippen LogP contribution < -0.4 is 4.72 Å². The van der Waals surface area contributed by atoms with Crippen LogP contribution in [0.15, 0.2) is 16.3 Å². The molecule has 1 aromatic heterocycles. The maximum Gasteiger partial charge on any atom is 0.241 e. The van der Waals surface area contributed by atoms with Gasteiger partial charge in [-0.05, 0) is 23.8 Å². The summed E-state index contributed by atoms with van der Waals surface area (Å²) in [7, 11) is -3.46. The fourth-order valence-electron chi connectivity index (χ4n) is 2.63. The zero-order valence-corrected chi connectivity index (χ0v) is 12.6. The Morgan fingerprint density at radius 2 is 2.05 bits per heavy atom. The lowest BCUT2D eigenvalue weighted by Crippen LogP contribution is -2.27. The second-order valence-corrected chi connectivity index (χ2v) is 7.79. The first-order valence-corrected chi connectivity index (χ1v) is 9.16. The quantitative estimate of drug-likeness (QED) is 0.848. The second-order valence-electron chi connectivity index (χ2n) is 5.06. The minimum Gasteiger partial charge on any atom is -0.391 e. The predicted octanol–water partition coefficient (Wildman–Crippen LogP) is 2.49. The molecule has 19 heavy (non-hydrogen) atoms. The third-order valence-electron chi connectivity index (χ3n) is 3.71. The molecule has 1 fully saturated rings. The van der Waals surface area contributed by atoms with E-state index in [2.05, 4.69) is 4.72 Å². The van der Waals surface area contributed by atoms with Crippen molar-refractivity contribution in [2.45, 2.75) is 50.0 Å². The molecule has 2 rings (SSSR count). The molecule has 1 aliphatic rings. The van der Waals surface area contributed by atoms with Crippen LogP contribution >= 0.6 is 11.3 Å². The van der Waals surface area contributed by atoms with Crippen molar-refractivity contribution in [3.63, 3.8) is 0 Å². The van der Waals surface area contributed by atoms with Crippen molar-refractivity contribution in [1.29, 1.82) is 0 Å². The molecule has 0 spiro atoms. The minimum atomic E-state index is -3.46. The van der Waals surface area contributed by atoms with Crippen LogP contribution in [0.3, 0.4) is 0 Å². The second kappa shape index (κ2) is 6.83. The normalized spacial score (nSPS) is 17.7. The molecule has 0 atom stereocenters. The van der Waals surface area contributed by atoms with Gasteiger partial charge in [0.25, 0.3) is 0 Å². The van der Waals surface area contributed by atoms with Crippen LogP contribution in [0.25, 0.3) is 0 Å². The molecular formula is C13H21NO3S2. The third kappa shape index (κ3) is 4.02. The lowest BCUT2D eigenvalue weighted by molar-refractivity contribution is 0.282. The fraction of sp³-hybridized carbons (Fsp3) is 0.692. The van der Waals surface area contributed by atoms with Crippen LogP contribution in [-0.4, -0.2) is 20.1 Å². The Balaban J connectivity index is 1.87. The fourth-order valence-corrected chi connectivity index (χ4v) is 4.97. The van der Waals surface area contributed by atoms with E-state index in [0.717, 1.165) is 6.42 Å². The average molecular weight is 303 g/mol. The third-order valence-corrected chi connectivity index (χ3v) is 6.29. The van der Waals surface area contributed by atoms with Crippen LogP contribution in [0.2, 0.25) is 0 Å². The highest BCUT2D eigenvalue weighted by Crippen LogP contribution is 2.26. The highest BCUT2D eigenvalue weighted by atomic mass is 32.2. The molecule has 0 unspecified atom stereocenters. The Morgan fingerprint density at radius 1 is 1.32 bits per heavy atom. The Morgan fingerprint density at radius 3 is 2.74 bits per heavy atom. The van der Waals surface area contributed by atoms with Crippen molar-refractivity contribution in [3.05, 3.63) is 16.3 Å². The molecule has 1 heterocycles. The Kier molecular flexibility index (Phi) is 5.38. The molecule has 0 bridgehead atoms. The van der Waals surface area contributed by atoms with E-state index in [1.165, 1.54) is 43.4 Å². The molecule has 1 saturated carbocycles. The maximum atomic E-state index is 12.1. The first kappa shape index (κ1) is 15.0. The van der Waals surface area contributed by atoms with E-state index in [1.54, 1.807) is 11.4 Å². The number of hydrogen-bond donors (Lipinski definition) is 2. The van der Waals surface area contributed by atoms with E-state index in [4.69, 9.17) is 5.11 Å². The zero-order chi connectivity index (χ0) is 13.7. The number of hydrogen-bond acceptors (Lipinski definition) is 4. The van der Waals surface area contributed by atoms with E-state index >= 15 is 0 Å². The van der Waals surface area contributed by atoms with Gasteiger partial charge in [-0.1, -0.05) is 32.1 Å². The van der Waals surface area contributed by atoms with Gasteiger partial charge in [0.1, 0.15) is 0 Å². The Labute approximate surface area is 118 Å². The largest absolute Gasteiger partial charge is 0.391 e. The van der Waals surface area contributed by atoms with Gasteiger partial charge in [-0.25, -0.2) is 13.1 Å². The summed E-state index contributed by atoms with van der Waals surface area (Å²) in [6.07, 6.45) is 7.23. The van der Waals surface area contributed by atoms with Gasteiger partial charge in [-0.2, -0.15) is 0 Å². The Bertz CT molecular complexity index is 490. The zero-order valence-electron chi connectivity index (χ0n) is 11.0. The summed E-state index contributed by atoms with van der Waals surface area (Å²) in [6.45, 7) is 0.268. The van der Waals surface area contributed by atoms with E-state index in [0.29, 0.717) is 17.3 Å². The summed E-state index contributed by atoms with van der Waals surface area (Å²) in [5, 5.41) is 10.8. The van der Waals surface area contributed by atoms with Gasteiger partial charge < -0.3 is 5.11 Å². The first-order valence-electron chi connectivity index (χ1n) is 6.80. The van der Waals surface area contributed by atoms with Crippen LogP contribution in [0.4, 0.5) is 0 Å². The molecule has 6 heteroatoms. The first-order chi connectivity index (χ1) is 9.13. The summed E-state index contributed by atoms with van der Waals surface area (Å²) >= 11 is 1.27. The number of aliphatic hydroxyl groups is 1. The van der Waals surface area contributed by atoms with E-state index in [9.17, 15) is 8.42 Å². The summed E-state index contributed by atoms with van der Waals surface area (Å²) in [5.74, 6) is 0.663. The molecule has 0 radical (unpaired) electrons. The van der Waals surface area contributed by atoms with Gasteiger partial charge in [-0.3, -0.25) is 0 Å². The van der Waals surface area contributed by atoms with Crippen molar-refractivity contribution in [3.8, 4) is 0 Å². The van der Waals surface area contributed by atoms with Gasteiger partial charge in [0.2, 0.25) is 10.0 Å². The van der Waals surface area contributed by atoms with Crippen molar-refractivity contribution >= 4 is 21.4 Å². The standard InChI is InChI=1S/C13H21NO3S2/c15-10-12-13(7-9-18-12)19(16,17)14-8-6-11-4-2-1-3-5-11/h7,9,11,14-15H,1-6,8,10H2. The van der Waals surface area contributed by atoms with Crippen LogP contribution in [0.1, 0.15) is 43.4 Å². The molecule has 0 aromatic carbocycles. The molecule has 1 aliphatic carbocycles. The number of nitrogens with one attached hydrogen (secondary N) is 1. The lowest BCUT2D eigenvalue weighted by Gasteiger charge is -2.21. The van der Waals surface area contributed by atoms with Crippen molar-refractivity contribution in [1.82, 2.24) is 4.72 Å². The monoisotopic (exact) mass is 303 g/mol. The average Bonchev–Trinajstić information content (AvgIpc) is 2.89. The topological polar surface area (TPSA) is 66.4 Å². The van der Waals surface area contributed by atoms with Gasteiger partial charge in [0.05, 0.1) is 11.5 Å². The molecule has 0 amide bonds. The number of thiophene rings is 1. The van der Waals surface area contributed by atoms with Crippen molar-refractivity contribution in [2.75, 3.05) is 6.54 Å². The van der Waals surface area contributed by atoms with E-state index in [1.807, 2.05) is 0 Å². The summed E-state index contributed by atoms with van der Waals surface area (Å²) in [5.41, 5.74) is 0. The van der Waals surface area contributed by atoms with Crippen LogP contribution in [0.5, 0.6) is 0 Å². The SMILES string of the molecule is O=S(=O)(NCCC1CCCCC1)c1ccsc1CO. The van der Waals surface area contributed by atoms with Crippen molar-refractivity contribution < 1.29 is 13.5 Å². The molecule has 108 valence electrons. The number of rotatable bonds is 6. The van der Waals surface area contributed by atoms with Crippen molar-refractivity contribution in [2.24, 2.45) is 5.92 Å². The predicted molar refractivity (Wildman–Crippen MR) is 76.6 cm³/mol. The highest BCUT2D eigenvalue weighted by Gasteiger charge is 2.20. The minimum absolute atomic E-state index is 0.226. The molecule has 1 aromatic rings. The van der Waals surface area contributed by atoms with E-state index < -0.39 is 10.0 Å². The molecule has 2 N–H and O–H groups in total. The van der Waals surface area contributed by atoms with Crippen LogP contribution in [-0.2, 0) is 16.6 Å². The molecular weight excluding hydrogens is 282 g/mol. The summed E-state index contributed by atoms with van der Waals surface area (Å²) < 4.78 is 26.8. The molecule has 4 nitrogen and oxygen atoms in total. The van der Waals surface area contributed by atoms with Gasteiger partial charge in [0.15, 0.2) is 0 Å². The van der Waals surface area contributed by atoms with Crippen LogP contribution in [0, 0.1) is 5.92 Å². The smallest absolute Gasteiger partial charge is 0.241 e. The summed E-state index contributed by atoms with van der Waals surface area (Å²) in [4.78, 5) is 0.730. The number of sulfonamides is 1. The number of aliphatic hydroxyl groups excluding tert-OH is 1. The maximum absolute atomic E-state index is 12.1. The lowest BCUT2D eigenvalue weighted by atomic mass is 9.87. The summed E-state index contributed by atoms with van der Waals surface area (Å²) in [6, 6.07) is 1.55. The Hall–Kier alpha value is -0.430. The van der Waals surface area contributed by atoms with Gasteiger partial charge >= 0.3 is 0 Å². The highest BCUT2D eigenvalue weighted by molar-refractivity contribution is 7.89.